The van der Waals surface area contributed by atoms with Crippen LogP contribution < -0.4 is 9.47 Å². The molecule has 0 saturated heterocycles. The smallest absolute Gasteiger partial charge is 0.353 e. The lowest BCUT2D eigenvalue weighted by molar-refractivity contribution is 0.0676. The molecule has 312 valence electrons. The first-order valence-corrected chi connectivity index (χ1v) is 19.0. The van der Waals surface area contributed by atoms with E-state index in [1.54, 1.807) is 48.7 Å². The van der Waals surface area contributed by atoms with Crippen LogP contribution in [0.3, 0.4) is 0 Å². The van der Waals surface area contributed by atoms with Gasteiger partial charge in [0, 0.05) is 73.1 Å². The van der Waals surface area contributed by atoms with Crippen LogP contribution in [0, 0.1) is 35.6 Å². The quantitative estimate of drug-likeness (QED) is 0.0973. The minimum atomic E-state index is -1.24. The summed E-state index contributed by atoms with van der Waals surface area (Å²) in [6.07, 6.45) is 9.39. The Morgan fingerprint density at radius 3 is 1.56 bits per heavy atom. The number of pyridine rings is 2. The van der Waals surface area contributed by atoms with Crippen LogP contribution in [0.4, 0.5) is 17.6 Å². The van der Waals surface area contributed by atoms with Gasteiger partial charge in [0.1, 0.15) is 34.7 Å². The molecule has 0 unspecified atom stereocenters. The number of benzene rings is 4. The Morgan fingerprint density at radius 1 is 0.661 bits per heavy atom. The summed E-state index contributed by atoms with van der Waals surface area (Å²) in [5.74, 6) is -1.83. The molecule has 0 bridgehead atoms. The van der Waals surface area contributed by atoms with Crippen molar-refractivity contribution in [1.29, 1.82) is 0 Å². The van der Waals surface area contributed by atoms with Gasteiger partial charge >= 0.3 is 11.9 Å². The first kappa shape index (κ1) is 42.2. The number of fused-ring (bicyclic) bond motifs is 2. The predicted octanol–water partition coefficient (Wildman–Crippen LogP) is 10.0. The summed E-state index contributed by atoms with van der Waals surface area (Å²) in [5.41, 5.74) is 4.30. The zero-order valence-electron chi connectivity index (χ0n) is 33.4. The average molecular weight is 841 g/mol. The van der Waals surface area contributed by atoms with Gasteiger partial charge in [-0.1, -0.05) is 18.9 Å². The number of hydrogen-bond acceptors (Lipinski definition) is 6. The van der Waals surface area contributed by atoms with Crippen LogP contribution >= 0.6 is 0 Å². The van der Waals surface area contributed by atoms with Crippen molar-refractivity contribution < 1.29 is 46.8 Å². The van der Waals surface area contributed by atoms with Gasteiger partial charge in [0.2, 0.25) is 11.8 Å². The van der Waals surface area contributed by atoms with Crippen molar-refractivity contribution in [2.24, 2.45) is 0 Å². The molecule has 14 heteroatoms. The molecular weight excluding hydrogens is 805 g/mol. The summed E-state index contributed by atoms with van der Waals surface area (Å²) < 4.78 is 69.9. The van der Waals surface area contributed by atoms with Crippen LogP contribution in [-0.2, 0) is 19.5 Å². The van der Waals surface area contributed by atoms with E-state index in [0.717, 1.165) is 48.4 Å². The van der Waals surface area contributed by atoms with Gasteiger partial charge in [0.25, 0.3) is 0 Å². The van der Waals surface area contributed by atoms with Gasteiger partial charge in [0.15, 0.2) is 0 Å². The minimum Gasteiger partial charge on any atom is -0.481 e. The van der Waals surface area contributed by atoms with Crippen molar-refractivity contribution in [3.8, 4) is 46.4 Å². The Bertz CT molecular complexity index is 3080. The van der Waals surface area contributed by atoms with Gasteiger partial charge in [-0.3, -0.25) is 0 Å². The first-order chi connectivity index (χ1) is 29.9. The Kier molecular flexibility index (Phi) is 12.1. The number of halogens is 4. The molecule has 10 nitrogen and oxygen atoms in total. The Morgan fingerprint density at radius 2 is 1.13 bits per heavy atom. The number of aryl methyl sites for hydroxylation is 1. The number of methoxy groups -OCH3 is 2. The normalized spacial score (nSPS) is 10.9. The third-order valence-electron chi connectivity index (χ3n) is 10.3. The molecule has 0 radical (unpaired) electrons. The van der Waals surface area contributed by atoms with E-state index >= 15 is 0 Å². The van der Waals surface area contributed by atoms with Gasteiger partial charge in [-0.15, -0.1) is 6.42 Å². The summed E-state index contributed by atoms with van der Waals surface area (Å²) in [7, 11) is 2.89. The van der Waals surface area contributed by atoms with E-state index in [9.17, 15) is 37.4 Å². The second kappa shape index (κ2) is 17.7. The maximum atomic E-state index is 14.4. The SMILES string of the molecule is C#Cc1ccc2c(c1)c(-c1cccnc1OC)c(C(=O)O)n2Cc1cc(F)ccc1F.CCc1ccc2c(c1)c(-c1cccnc1OC)c(C(=O)O)n2Cc1cc(F)ccc1F. The topological polar surface area (TPSA) is 129 Å². The van der Waals surface area contributed by atoms with E-state index in [4.69, 9.17) is 15.9 Å². The minimum absolute atomic E-state index is 0.0186. The number of carboxylic acids is 2. The summed E-state index contributed by atoms with van der Waals surface area (Å²) in [5, 5.41) is 21.5. The molecule has 0 fully saturated rings. The third kappa shape index (κ3) is 8.03. The van der Waals surface area contributed by atoms with E-state index in [-0.39, 0.29) is 47.4 Å². The molecular formula is C48H36F4N4O6. The number of ether oxygens (including phenoxy) is 2. The Labute approximate surface area is 352 Å². The number of hydrogen-bond donors (Lipinski definition) is 2. The van der Waals surface area contributed by atoms with Crippen LogP contribution in [0.1, 0.15) is 50.2 Å². The Hall–Kier alpha value is -7.92. The van der Waals surface area contributed by atoms with Crippen LogP contribution in [0.15, 0.2) is 109 Å². The molecule has 4 aromatic carbocycles. The predicted molar refractivity (Wildman–Crippen MR) is 226 cm³/mol. The number of nitrogens with zero attached hydrogens (tertiary/aromatic N) is 4. The van der Waals surface area contributed by atoms with Crippen molar-refractivity contribution in [3.05, 3.63) is 166 Å². The fraction of sp³-hybridized carbons (Fsp3) is 0.125. The maximum absolute atomic E-state index is 14.4. The number of carboxylic acid groups (broad SMARTS) is 2. The largest absolute Gasteiger partial charge is 0.481 e. The highest BCUT2D eigenvalue weighted by molar-refractivity contribution is 6.10. The average Bonchev–Trinajstić information content (AvgIpc) is 3.77. The zero-order chi connectivity index (χ0) is 44.2. The third-order valence-corrected chi connectivity index (χ3v) is 10.3. The van der Waals surface area contributed by atoms with Gasteiger partial charge < -0.3 is 28.8 Å². The lowest BCUT2D eigenvalue weighted by atomic mass is 10.0. The van der Waals surface area contributed by atoms with E-state index in [0.29, 0.717) is 49.6 Å². The molecule has 8 rings (SSSR count). The molecule has 0 aliphatic carbocycles. The van der Waals surface area contributed by atoms with Crippen molar-refractivity contribution in [2.75, 3.05) is 14.2 Å². The fourth-order valence-corrected chi connectivity index (χ4v) is 7.54. The number of aromatic carboxylic acids is 2. The van der Waals surface area contributed by atoms with Crippen LogP contribution in [0.25, 0.3) is 44.1 Å². The molecule has 2 N–H and O–H groups in total. The summed E-state index contributed by atoms with van der Waals surface area (Å²) in [4.78, 5) is 33.2. The second-order valence-electron chi connectivity index (χ2n) is 13.9. The highest BCUT2D eigenvalue weighted by Gasteiger charge is 2.28. The van der Waals surface area contributed by atoms with E-state index < -0.39 is 35.2 Å². The lowest BCUT2D eigenvalue weighted by Crippen LogP contribution is -2.12. The van der Waals surface area contributed by atoms with Gasteiger partial charge in [-0.05, 0) is 103 Å². The van der Waals surface area contributed by atoms with Gasteiger partial charge in [-0.2, -0.15) is 0 Å². The molecule has 62 heavy (non-hydrogen) atoms. The number of rotatable bonds is 11. The van der Waals surface area contributed by atoms with Crippen molar-refractivity contribution >= 4 is 33.7 Å². The van der Waals surface area contributed by atoms with Crippen LogP contribution in [0.5, 0.6) is 11.8 Å². The van der Waals surface area contributed by atoms with Crippen LogP contribution in [0.2, 0.25) is 0 Å². The molecule has 0 aliphatic rings. The Balaban J connectivity index is 0.000000186. The summed E-state index contributed by atoms with van der Waals surface area (Å²) in [6, 6.07) is 23.6. The molecule has 4 aromatic heterocycles. The summed E-state index contributed by atoms with van der Waals surface area (Å²) in [6.45, 7) is 1.66. The number of terminal acetylenes is 1. The molecule has 0 amide bonds. The van der Waals surface area contributed by atoms with Crippen LogP contribution in [-0.4, -0.2) is 55.5 Å². The lowest BCUT2D eigenvalue weighted by Gasteiger charge is -2.11. The van der Waals surface area contributed by atoms with E-state index in [1.165, 1.54) is 29.6 Å². The number of aromatic nitrogens is 4. The number of carbonyl (C=O) groups is 2. The highest BCUT2D eigenvalue weighted by Crippen LogP contribution is 2.41. The molecule has 0 saturated carbocycles. The van der Waals surface area contributed by atoms with E-state index in [2.05, 4.69) is 15.9 Å². The standard InChI is InChI=1S/C24H20F2N2O3.C24H16F2N2O3/c2*1-3-14-6-9-20-18(11-14)21(17-5-4-10-27-23(17)31-2)22(24(29)30)28(20)13-15-12-16(25)7-8-19(15)26/h4-12H,3,13H2,1-2H3,(H,29,30);1,4-12H,13H2,2H3,(H,29,30). The van der Waals surface area contributed by atoms with Crippen molar-refractivity contribution in [3.63, 3.8) is 0 Å². The molecule has 0 aliphatic heterocycles. The first-order valence-electron chi connectivity index (χ1n) is 19.0. The summed E-state index contributed by atoms with van der Waals surface area (Å²) >= 11 is 0. The maximum Gasteiger partial charge on any atom is 0.353 e. The van der Waals surface area contributed by atoms with Crippen molar-refractivity contribution in [2.45, 2.75) is 26.4 Å². The van der Waals surface area contributed by atoms with E-state index in [1.807, 2.05) is 25.1 Å². The molecule has 4 heterocycles. The highest BCUT2D eigenvalue weighted by atomic mass is 19.1. The molecule has 8 aromatic rings. The fourth-order valence-electron chi connectivity index (χ4n) is 7.54. The second-order valence-corrected chi connectivity index (χ2v) is 13.9. The molecule has 0 atom stereocenters. The van der Waals surface area contributed by atoms with Gasteiger partial charge in [0.05, 0.1) is 27.3 Å². The monoisotopic (exact) mass is 840 g/mol. The molecule has 0 spiro atoms. The van der Waals surface area contributed by atoms with Gasteiger partial charge in [-0.25, -0.2) is 37.1 Å². The zero-order valence-corrected chi connectivity index (χ0v) is 33.4. The van der Waals surface area contributed by atoms with Crippen molar-refractivity contribution in [1.82, 2.24) is 19.1 Å².